The number of thiazole rings is 1. The lowest BCUT2D eigenvalue weighted by atomic mass is 10.0. The van der Waals surface area contributed by atoms with Crippen molar-refractivity contribution < 1.29 is 4.79 Å². The predicted octanol–water partition coefficient (Wildman–Crippen LogP) is 4.59. The number of benzene rings is 2. The molecule has 2 aromatic carbocycles. The number of carbonyl (C=O) groups is 1. The molecule has 0 saturated heterocycles. The lowest BCUT2D eigenvalue weighted by molar-refractivity contribution is -0.118. The number of rotatable bonds is 4. The molecule has 2 heterocycles. The number of hydrogen-bond donors (Lipinski definition) is 1. The van der Waals surface area contributed by atoms with Crippen LogP contribution in [0.3, 0.4) is 0 Å². The molecule has 1 N–H and O–H groups in total. The normalized spacial score (nSPS) is 16.3. The van der Waals surface area contributed by atoms with E-state index in [-0.39, 0.29) is 5.91 Å². The fourth-order valence-electron chi connectivity index (χ4n) is 2.84. The Morgan fingerprint density at radius 1 is 1.11 bits per heavy atom. The maximum absolute atomic E-state index is 12.9. The number of hydrogen-bond acceptors (Lipinski definition) is 5. The Kier molecular flexibility index (Phi) is 4.79. The van der Waals surface area contributed by atoms with Crippen molar-refractivity contribution in [1.82, 2.24) is 4.98 Å². The van der Waals surface area contributed by atoms with Crippen molar-refractivity contribution in [2.45, 2.75) is 6.92 Å². The molecular formula is C20H16N4OS2. The van der Waals surface area contributed by atoms with Gasteiger partial charge < -0.3 is 5.32 Å². The van der Waals surface area contributed by atoms with E-state index in [0.717, 1.165) is 16.9 Å². The molecule has 134 valence electrons. The van der Waals surface area contributed by atoms with Crippen LogP contribution in [0, 0.1) is 5.92 Å². The van der Waals surface area contributed by atoms with E-state index in [1.807, 2.05) is 73.0 Å². The summed E-state index contributed by atoms with van der Waals surface area (Å²) in [5.41, 5.74) is 3.34. The molecule has 7 heteroatoms. The van der Waals surface area contributed by atoms with Gasteiger partial charge in [0.2, 0.25) is 5.13 Å². The number of aromatic nitrogens is 1. The van der Waals surface area contributed by atoms with E-state index in [2.05, 4.69) is 15.4 Å². The average Bonchev–Trinajstić information content (AvgIpc) is 3.28. The van der Waals surface area contributed by atoms with Gasteiger partial charge in [-0.05, 0) is 19.1 Å². The second-order valence-corrected chi connectivity index (χ2v) is 7.34. The molecule has 3 aromatic rings. The number of thiocarbonyl (C=S) groups is 1. The van der Waals surface area contributed by atoms with Crippen LogP contribution < -0.4 is 10.3 Å². The summed E-state index contributed by atoms with van der Waals surface area (Å²) < 4.78 is 0. The predicted molar refractivity (Wildman–Crippen MR) is 114 cm³/mol. The van der Waals surface area contributed by atoms with E-state index in [9.17, 15) is 4.79 Å². The van der Waals surface area contributed by atoms with Crippen molar-refractivity contribution in [3.8, 4) is 11.3 Å². The number of hydrazone groups is 1. The molecule has 1 unspecified atom stereocenters. The molecule has 1 atom stereocenters. The Bertz CT molecular complexity index is 1010. The maximum atomic E-state index is 12.9. The zero-order valence-corrected chi connectivity index (χ0v) is 16.1. The number of nitrogens with zero attached hydrogens (tertiary/aromatic N) is 3. The number of anilines is 2. The monoisotopic (exact) mass is 392 g/mol. The smallest absolute Gasteiger partial charge is 0.265 e. The Balaban J connectivity index is 1.54. The van der Waals surface area contributed by atoms with Gasteiger partial charge in [-0.25, -0.2) is 4.98 Å². The summed E-state index contributed by atoms with van der Waals surface area (Å²) in [7, 11) is 0. The summed E-state index contributed by atoms with van der Waals surface area (Å²) in [4.78, 5) is 18.0. The van der Waals surface area contributed by atoms with Gasteiger partial charge in [0.1, 0.15) is 5.92 Å². The maximum Gasteiger partial charge on any atom is 0.265 e. The molecule has 4 rings (SSSR count). The number of para-hydroxylation sites is 1. The van der Waals surface area contributed by atoms with Gasteiger partial charge >= 0.3 is 0 Å². The van der Waals surface area contributed by atoms with Crippen molar-refractivity contribution in [2.24, 2.45) is 11.0 Å². The van der Waals surface area contributed by atoms with Crippen LogP contribution in [-0.2, 0) is 4.79 Å². The molecule has 1 aromatic heterocycles. The van der Waals surface area contributed by atoms with Gasteiger partial charge in [0, 0.05) is 16.6 Å². The molecule has 0 aliphatic carbocycles. The van der Waals surface area contributed by atoms with Crippen LogP contribution in [0.2, 0.25) is 0 Å². The summed E-state index contributed by atoms with van der Waals surface area (Å²) in [6.07, 6.45) is 0. The fraction of sp³-hybridized carbons (Fsp3) is 0.100. The Labute approximate surface area is 166 Å². The minimum Gasteiger partial charge on any atom is -0.349 e. The molecule has 0 radical (unpaired) electrons. The molecule has 0 spiro atoms. The molecule has 27 heavy (non-hydrogen) atoms. The highest BCUT2D eigenvalue weighted by molar-refractivity contribution is 7.80. The number of carbonyl (C=O) groups excluding carboxylic acids is 1. The molecule has 0 saturated carbocycles. The first-order valence-electron chi connectivity index (χ1n) is 8.39. The average molecular weight is 393 g/mol. The van der Waals surface area contributed by atoms with Gasteiger partial charge in [-0.1, -0.05) is 60.7 Å². The highest BCUT2D eigenvalue weighted by atomic mass is 32.1. The zero-order chi connectivity index (χ0) is 18.8. The lowest BCUT2D eigenvalue weighted by Crippen LogP contribution is -2.35. The molecule has 1 amide bonds. The first-order chi connectivity index (χ1) is 13.1. The summed E-state index contributed by atoms with van der Waals surface area (Å²) in [5, 5.41) is 11.4. The summed E-state index contributed by atoms with van der Waals surface area (Å²) >= 11 is 6.87. The summed E-state index contributed by atoms with van der Waals surface area (Å²) in [6, 6.07) is 19.4. The first-order valence-corrected chi connectivity index (χ1v) is 9.68. The van der Waals surface area contributed by atoms with Crippen LogP contribution in [0.25, 0.3) is 11.3 Å². The van der Waals surface area contributed by atoms with Crippen LogP contribution in [0.1, 0.15) is 6.92 Å². The van der Waals surface area contributed by atoms with Gasteiger partial charge in [0.05, 0.1) is 16.4 Å². The molecule has 1 aliphatic rings. The standard InChI is InChI=1S/C20H16N4OS2/c1-13-17(18(26)21-15-10-6-3-7-11-15)19(25)24(23-13)20-22-16(12-27-20)14-8-4-2-5-9-14/h2-12,17H,1H3,(H,21,26). The third kappa shape index (κ3) is 3.51. The van der Waals surface area contributed by atoms with E-state index in [0.29, 0.717) is 15.8 Å². The molecule has 1 aliphatic heterocycles. The van der Waals surface area contributed by atoms with Gasteiger partial charge in [0.15, 0.2) is 0 Å². The summed E-state index contributed by atoms with van der Waals surface area (Å²) in [6.45, 7) is 1.81. The van der Waals surface area contributed by atoms with Crippen LogP contribution in [0.4, 0.5) is 10.8 Å². The van der Waals surface area contributed by atoms with Crippen LogP contribution in [0.15, 0.2) is 71.1 Å². The van der Waals surface area contributed by atoms with E-state index in [4.69, 9.17) is 12.2 Å². The second-order valence-electron chi connectivity index (χ2n) is 6.06. The lowest BCUT2D eigenvalue weighted by Gasteiger charge is -2.14. The quantitative estimate of drug-likeness (QED) is 0.660. The molecule has 0 fully saturated rings. The van der Waals surface area contributed by atoms with Gasteiger partial charge in [-0.2, -0.15) is 10.1 Å². The van der Waals surface area contributed by atoms with Crippen LogP contribution in [0.5, 0.6) is 0 Å². The summed E-state index contributed by atoms with van der Waals surface area (Å²) in [5.74, 6) is -0.765. The Morgan fingerprint density at radius 3 is 2.48 bits per heavy atom. The van der Waals surface area contributed by atoms with Crippen molar-refractivity contribution in [1.29, 1.82) is 0 Å². The van der Waals surface area contributed by atoms with E-state index < -0.39 is 5.92 Å². The topological polar surface area (TPSA) is 57.6 Å². The highest BCUT2D eigenvalue weighted by Gasteiger charge is 2.38. The van der Waals surface area contributed by atoms with Crippen molar-refractivity contribution in [3.63, 3.8) is 0 Å². The largest absolute Gasteiger partial charge is 0.349 e. The van der Waals surface area contributed by atoms with Crippen LogP contribution >= 0.6 is 23.6 Å². The van der Waals surface area contributed by atoms with Crippen molar-refractivity contribution in [3.05, 3.63) is 66.0 Å². The fourth-order valence-corrected chi connectivity index (χ4v) is 4.02. The van der Waals surface area contributed by atoms with Gasteiger partial charge in [0.25, 0.3) is 5.91 Å². The van der Waals surface area contributed by atoms with Gasteiger partial charge in [-0.3, -0.25) is 4.79 Å². The van der Waals surface area contributed by atoms with Crippen molar-refractivity contribution in [2.75, 3.05) is 10.3 Å². The highest BCUT2D eigenvalue weighted by Crippen LogP contribution is 2.31. The Morgan fingerprint density at radius 2 is 1.78 bits per heavy atom. The van der Waals surface area contributed by atoms with Crippen molar-refractivity contribution >= 4 is 51.0 Å². The number of nitrogens with one attached hydrogen (secondary N) is 1. The number of amides is 1. The van der Waals surface area contributed by atoms with E-state index >= 15 is 0 Å². The molecular weight excluding hydrogens is 376 g/mol. The minimum atomic E-state index is -0.579. The second kappa shape index (κ2) is 7.38. The third-order valence-electron chi connectivity index (χ3n) is 4.18. The third-order valence-corrected chi connectivity index (χ3v) is 5.33. The van der Waals surface area contributed by atoms with E-state index in [1.165, 1.54) is 16.3 Å². The minimum absolute atomic E-state index is 0.185. The first kappa shape index (κ1) is 17.5. The molecule has 5 nitrogen and oxygen atoms in total. The van der Waals surface area contributed by atoms with Gasteiger partial charge in [-0.15, -0.1) is 11.3 Å². The zero-order valence-electron chi connectivity index (χ0n) is 14.5. The molecule has 0 bridgehead atoms. The Hall–Kier alpha value is -2.90. The SMILES string of the molecule is CC1=NN(c2nc(-c3ccccc3)cs2)C(=O)C1C(=S)Nc1ccccc1. The van der Waals surface area contributed by atoms with E-state index in [1.54, 1.807) is 0 Å². The van der Waals surface area contributed by atoms with Crippen LogP contribution in [-0.4, -0.2) is 21.6 Å².